The van der Waals surface area contributed by atoms with E-state index in [2.05, 4.69) is 10.4 Å². The van der Waals surface area contributed by atoms with E-state index in [0.717, 1.165) is 4.68 Å². The van der Waals surface area contributed by atoms with Crippen LogP contribution in [0.2, 0.25) is 0 Å². The fourth-order valence-corrected chi connectivity index (χ4v) is 2.08. The molecule has 1 amide bonds. The Morgan fingerprint density at radius 2 is 2.04 bits per heavy atom. The largest absolute Gasteiger partial charge is 0.463 e. The summed E-state index contributed by atoms with van der Waals surface area (Å²) in [5, 5.41) is 6.63. The molecule has 0 aliphatic carbocycles. The lowest BCUT2D eigenvalue weighted by Crippen LogP contribution is -2.31. The van der Waals surface area contributed by atoms with Gasteiger partial charge in [0.25, 0.3) is 5.56 Å². The van der Waals surface area contributed by atoms with Crippen molar-refractivity contribution in [2.24, 2.45) is 0 Å². The number of nitrogen functional groups attached to an aromatic ring is 1. The fourth-order valence-electron chi connectivity index (χ4n) is 2.08. The zero-order valence-corrected chi connectivity index (χ0v) is 12.4. The predicted octanol–water partition coefficient (Wildman–Crippen LogP) is 1.86. The summed E-state index contributed by atoms with van der Waals surface area (Å²) in [6.07, 6.45) is 1.46. The van der Waals surface area contributed by atoms with Gasteiger partial charge in [0.1, 0.15) is 23.7 Å². The van der Waals surface area contributed by atoms with E-state index in [1.807, 2.05) is 0 Å². The van der Waals surface area contributed by atoms with Crippen LogP contribution in [0.5, 0.6) is 0 Å². The molecule has 0 spiro atoms. The summed E-state index contributed by atoms with van der Waals surface area (Å²) in [4.78, 5) is 24.1. The molecule has 0 bridgehead atoms. The van der Waals surface area contributed by atoms with Gasteiger partial charge in [-0.25, -0.2) is 9.07 Å². The van der Waals surface area contributed by atoms with Crippen LogP contribution in [0.25, 0.3) is 11.5 Å². The van der Waals surface area contributed by atoms with Crippen molar-refractivity contribution in [3.63, 3.8) is 0 Å². The Bertz CT molecular complexity index is 917. The minimum Gasteiger partial charge on any atom is -0.463 e. The van der Waals surface area contributed by atoms with Gasteiger partial charge in [-0.3, -0.25) is 9.59 Å². The number of benzene rings is 1. The minimum absolute atomic E-state index is 0.0500. The van der Waals surface area contributed by atoms with Crippen molar-refractivity contribution in [3.8, 4) is 11.5 Å². The predicted molar refractivity (Wildman–Crippen MR) is 85.6 cm³/mol. The van der Waals surface area contributed by atoms with Gasteiger partial charge in [0.15, 0.2) is 5.76 Å². The topological polar surface area (TPSA) is 103 Å². The number of nitrogens with one attached hydrogen (secondary N) is 1. The number of amides is 1. The second-order valence-electron chi connectivity index (χ2n) is 4.98. The first-order valence-electron chi connectivity index (χ1n) is 7.00. The number of carbonyl (C=O) groups is 1. The van der Waals surface area contributed by atoms with Gasteiger partial charge in [0.2, 0.25) is 5.91 Å². The molecule has 0 atom stereocenters. The number of halogens is 1. The Morgan fingerprint density at radius 3 is 2.71 bits per heavy atom. The van der Waals surface area contributed by atoms with Crippen LogP contribution in [0.1, 0.15) is 0 Å². The van der Waals surface area contributed by atoms with Crippen LogP contribution in [0, 0.1) is 5.82 Å². The summed E-state index contributed by atoms with van der Waals surface area (Å²) >= 11 is 0. The summed E-state index contributed by atoms with van der Waals surface area (Å²) in [7, 11) is 0. The summed E-state index contributed by atoms with van der Waals surface area (Å²) < 4.78 is 19.0. The normalized spacial score (nSPS) is 10.5. The maximum Gasteiger partial charge on any atom is 0.290 e. The van der Waals surface area contributed by atoms with Gasteiger partial charge in [-0.05, 0) is 42.5 Å². The van der Waals surface area contributed by atoms with E-state index in [-0.39, 0.29) is 12.2 Å². The number of nitrogens with two attached hydrogens (primary N) is 1. The van der Waals surface area contributed by atoms with E-state index >= 15 is 0 Å². The molecule has 3 N–H and O–H groups in total. The Kier molecular flexibility index (Phi) is 4.11. The van der Waals surface area contributed by atoms with Crippen molar-refractivity contribution in [2.75, 3.05) is 11.1 Å². The highest BCUT2D eigenvalue weighted by molar-refractivity contribution is 5.90. The number of rotatable bonds is 4. The average molecular weight is 328 g/mol. The number of hydrogen-bond donors (Lipinski definition) is 2. The van der Waals surface area contributed by atoms with Crippen molar-refractivity contribution in [1.82, 2.24) is 9.78 Å². The number of furan rings is 1. The molecule has 0 saturated heterocycles. The first-order valence-corrected chi connectivity index (χ1v) is 7.00. The van der Waals surface area contributed by atoms with Crippen molar-refractivity contribution >= 4 is 17.3 Å². The van der Waals surface area contributed by atoms with Crippen LogP contribution < -0.4 is 16.6 Å². The minimum atomic E-state index is -0.584. The van der Waals surface area contributed by atoms with Gasteiger partial charge in [-0.2, -0.15) is 5.10 Å². The third kappa shape index (κ3) is 3.32. The quantitative estimate of drug-likeness (QED) is 0.761. The molecular formula is C16H13FN4O3. The number of nitrogens with zero attached hydrogens (tertiary/aromatic N) is 2. The maximum atomic E-state index is 12.9. The van der Waals surface area contributed by atoms with Gasteiger partial charge >= 0.3 is 0 Å². The Balaban J connectivity index is 1.82. The molecule has 122 valence electrons. The lowest BCUT2D eigenvalue weighted by atomic mass is 10.3. The number of anilines is 2. The van der Waals surface area contributed by atoms with Crippen molar-refractivity contribution in [1.29, 1.82) is 0 Å². The molecule has 0 radical (unpaired) electrons. The Morgan fingerprint density at radius 1 is 1.29 bits per heavy atom. The molecule has 1 aromatic carbocycles. The SMILES string of the molecule is Nc1cc(-c2ccco2)nn(CC(=O)Nc2ccc(F)cc2)c1=O. The van der Waals surface area contributed by atoms with Crippen LogP contribution in [0.4, 0.5) is 15.8 Å². The monoisotopic (exact) mass is 328 g/mol. The molecule has 0 saturated carbocycles. The van der Waals surface area contributed by atoms with Crippen molar-refractivity contribution in [3.05, 3.63) is 64.9 Å². The van der Waals surface area contributed by atoms with Crippen molar-refractivity contribution < 1.29 is 13.6 Å². The van der Waals surface area contributed by atoms with Gasteiger partial charge in [-0.1, -0.05) is 0 Å². The number of aromatic nitrogens is 2. The van der Waals surface area contributed by atoms with Crippen LogP contribution in [-0.4, -0.2) is 15.7 Å². The van der Waals surface area contributed by atoms with E-state index in [9.17, 15) is 14.0 Å². The number of hydrogen-bond acceptors (Lipinski definition) is 5. The molecule has 3 rings (SSSR count). The van der Waals surface area contributed by atoms with E-state index in [1.54, 1.807) is 12.1 Å². The molecular weight excluding hydrogens is 315 g/mol. The van der Waals surface area contributed by atoms with Crippen molar-refractivity contribution in [2.45, 2.75) is 6.54 Å². The lowest BCUT2D eigenvalue weighted by molar-refractivity contribution is -0.117. The highest BCUT2D eigenvalue weighted by Crippen LogP contribution is 2.17. The third-order valence-electron chi connectivity index (χ3n) is 3.20. The second-order valence-corrected chi connectivity index (χ2v) is 4.98. The van der Waals surface area contributed by atoms with Gasteiger partial charge in [0, 0.05) is 5.69 Å². The molecule has 2 aromatic heterocycles. The van der Waals surface area contributed by atoms with Gasteiger partial charge < -0.3 is 15.5 Å². The molecule has 24 heavy (non-hydrogen) atoms. The average Bonchev–Trinajstić information content (AvgIpc) is 3.08. The first-order chi connectivity index (χ1) is 11.5. The molecule has 3 aromatic rings. The van der Waals surface area contributed by atoms with Gasteiger partial charge in [0.05, 0.1) is 6.26 Å². The highest BCUT2D eigenvalue weighted by Gasteiger charge is 2.12. The first kappa shape index (κ1) is 15.5. The number of carbonyl (C=O) groups excluding carboxylic acids is 1. The fraction of sp³-hybridized carbons (Fsp3) is 0.0625. The highest BCUT2D eigenvalue weighted by atomic mass is 19.1. The lowest BCUT2D eigenvalue weighted by Gasteiger charge is -2.08. The third-order valence-corrected chi connectivity index (χ3v) is 3.20. The van der Waals surface area contributed by atoms with E-state index in [1.165, 1.54) is 36.6 Å². The molecule has 8 heteroatoms. The Labute approximate surface area is 135 Å². The van der Waals surface area contributed by atoms with Crippen LogP contribution in [0.15, 0.2) is 57.9 Å². The summed E-state index contributed by atoms with van der Waals surface area (Å²) in [5.74, 6) is -0.480. The molecule has 7 nitrogen and oxygen atoms in total. The Hall–Kier alpha value is -3.42. The van der Waals surface area contributed by atoms with E-state index < -0.39 is 17.3 Å². The molecule has 0 fully saturated rings. The van der Waals surface area contributed by atoms with Crippen LogP contribution >= 0.6 is 0 Å². The second kappa shape index (κ2) is 6.37. The summed E-state index contributed by atoms with van der Waals surface area (Å²) in [6, 6.07) is 9.98. The standard InChI is InChI=1S/C16H13FN4O3/c17-10-3-5-11(6-4-10)19-15(22)9-21-16(23)12(18)8-13(20-21)14-2-1-7-24-14/h1-8H,9,18H2,(H,19,22). The molecule has 2 heterocycles. The molecule has 0 unspecified atom stereocenters. The zero-order valence-electron chi connectivity index (χ0n) is 12.4. The van der Waals surface area contributed by atoms with E-state index in [4.69, 9.17) is 10.2 Å². The molecule has 0 aliphatic heterocycles. The van der Waals surface area contributed by atoms with E-state index in [0.29, 0.717) is 17.1 Å². The maximum absolute atomic E-state index is 12.9. The van der Waals surface area contributed by atoms with Crippen LogP contribution in [0.3, 0.4) is 0 Å². The summed E-state index contributed by atoms with van der Waals surface area (Å²) in [5.41, 5.74) is 5.80. The molecule has 0 aliphatic rings. The zero-order chi connectivity index (χ0) is 17.1. The van der Waals surface area contributed by atoms with Gasteiger partial charge in [-0.15, -0.1) is 0 Å². The van der Waals surface area contributed by atoms with Crippen LogP contribution in [-0.2, 0) is 11.3 Å². The summed E-state index contributed by atoms with van der Waals surface area (Å²) in [6.45, 7) is -0.338. The smallest absolute Gasteiger partial charge is 0.290 e.